The van der Waals surface area contributed by atoms with Crippen molar-refractivity contribution in [3.8, 4) is 0 Å². The smallest absolute Gasteiger partial charge is 0.325 e. The molecule has 0 aliphatic rings. The summed E-state index contributed by atoms with van der Waals surface area (Å²) in [5.41, 5.74) is 0.848. The van der Waals surface area contributed by atoms with E-state index < -0.39 is 12.7 Å². The van der Waals surface area contributed by atoms with E-state index in [0.29, 0.717) is 12.4 Å². The average Bonchev–Trinajstić information content (AvgIpc) is 2.77. The molecule has 2 aromatic rings. The monoisotopic (exact) mass is 287 g/mol. The zero-order chi connectivity index (χ0) is 14.6. The average molecular weight is 287 g/mol. The van der Waals surface area contributed by atoms with Crippen molar-refractivity contribution in [2.75, 3.05) is 0 Å². The number of alkyl halides is 3. The van der Waals surface area contributed by atoms with Crippen LogP contribution in [0, 0.1) is 5.82 Å². The predicted octanol–water partition coefficient (Wildman–Crippen LogP) is 2.87. The Morgan fingerprint density at radius 1 is 1.10 bits per heavy atom. The summed E-state index contributed by atoms with van der Waals surface area (Å²) in [5.74, 6) is -0.0149. The third-order valence-corrected chi connectivity index (χ3v) is 2.68. The lowest BCUT2D eigenvalue weighted by atomic mass is 10.2. The van der Waals surface area contributed by atoms with Gasteiger partial charge in [-0.15, -0.1) is 0 Å². The van der Waals surface area contributed by atoms with Crippen LogP contribution in [0.5, 0.6) is 0 Å². The molecule has 7 heteroatoms. The number of imidazole rings is 1. The highest BCUT2D eigenvalue weighted by atomic mass is 19.4. The normalized spacial score (nSPS) is 11.8. The van der Waals surface area contributed by atoms with Gasteiger partial charge in [-0.1, -0.05) is 12.1 Å². The van der Waals surface area contributed by atoms with E-state index in [1.54, 1.807) is 12.1 Å². The molecule has 0 amide bonds. The van der Waals surface area contributed by atoms with Crippen molar-refractivity contribution in [1.82, 2.24) is 14.9 Å². The standard InChI is InChI=1S/C13H13F4N3/c14-11-3-1-10(2-4-11)7-18-8-12-19-5-6-20(12)9-13(15,16)17/h1-6,18H,7-9H2. The Bertz CT molecular complexity index is 545. The minimum absolute atomic E-state index is 0.209. The van der Waals surface area contributed by atoms with Crippen molar-refractivity contribution in [2.45, 2.75) is 25.8 Å². The van der Waals surface area contributed by atoms with Crippen LogP contribution in [0.2, 0.25) is 0 Å². The molecule has 1 heterocycles. The summed E-state index contributed by atoms with van der Waals surface area (Å²) in [5, 5.41) is 2.98. The summed E-state index contributed by atoms with van der Waals surface area (Å²) in [6, 6.07) is 5.90. The van der Waals surface area contributed by atoms with Crippen LogP contribution in [-0.2, 0) is 19.6 Å². The molecule has 3 nitrogen and oxygen atoms in total. The van der Waals surface area contributed by atoms with E-state index in [4.69, 9.17) is 0 Å². The first kappa shape index (κ1) is 14.5. The zero-order valence-corrected chi connectivity index (χ0v) is 10.5. The Morgan fingerprint density at radius 2 is 1.80 bits per heavy atom. The molecular weight excluding hydrogens is 274 g/mol. The maximum absolute atomic E-state index is 12.7. The lowest BCUT2D eigenvalue weighted by Gasteiger charge is -2.11. The van der Waals surface area contributed by atoms with Gasteiger partial charge in [0.25, 0.3) is 0 Å². The lowest BCUT2D eigenvalue weighted by Crippen LogP contribution is -2.22. The molecule has 1 aromatic heterocycles. The van der Waals surface area contributed by atoms with Crippen LogP contribution in [-0.4, -0.2) is 15.7 Å². The first-order valence-corrected chi connectivity index (χ1v) is 5.96. The zero-order valence-electron chi connectivity index (χ0n) is 10.5. The molecule has 0 aliphatic carbocycles. The minimum atomic E-state index is -4.27. The third-order valence-electron chi connectivity index (χ3n) is 2.68. The van der Waals surface area contributed by atoms with Crippen molar-refractivity contribution < 1.29 is 17.6 Å². The first-order chi connectivity index (χ1) is 9.44. The number of nitrogens with one attached hydrogen (secondary N) is 1. The summed E-state index contributed by atoms with van der Waals surface area (Å²) >= 11 is 0. The van der Waals surface area contributed by atoms with Gasteiger partial charge in [0.15, 0.2) is 0 Å². The number of aromatic nitrogens is 2. The molecule has 0 bridgehead atoms. The van der Waals surface area contributed by atoms with E-state index in [-0.39, 0.29) is 12.4 Å². The molecule has 0 spiro atoms. The molecule has 20 heavy (non-hydrogen) atoms. The van der Waals surface area contributed by atoms with Gasteiger partial charge in [-0.3, -0.25) is 0 Å². The molecule has 108 valence electrons. The van der Waals surface area contributed by atoms with E-state index in [9.17, 15) is 17.6 Å². The maximum atomic E-state index is 12.7. The van der Waals surface area contributed by atoms with Crippen LogP contribution < -0.4 is 5.32 Å². The van der Waals surface area contributed by atoms with Crippen LogP contribution >= 0.6 is 0 Å². The topological polar surface area (TPSA) is 29.9 Å². The SMILES string of the molecule is Fc1ccc(CNCc2nccn2CC(F)(F)F)cc1. The Hall–Kier alpha value is -1.89. The molecule has 0 saturated carbocycles. The van der Waals surface area contributed by atoms with Gasteiger partial charge in [0.2, 0.25) is 0 Å². The summed E-state index contributed by atoms with van der Waals surface area (Å²) in [7, 11) is 0. The largest absolute Gasteiger partial charge is 0.406 e. The van der Waals surface area contributed by atoms with Crippen LogP contribution in [0.3, 0.4) is 0 Å². The van der Waals surface area contributed by atoms with Gasteiger partial charge < -0.3 is 9.88 Å². The van der Waals surface area contributed by atoms with Gasteiger partial charge in [-0.25, -0.2) is 9.37 Å². The van der Waals surface area contributed by atoms with Crippen molar-refractivity contribution in [1.29, 1.82) is 0 Å². The number of benzene rings is 1. The fourth-order valence-electron chi connectivity index (χ4n) is 1.77. The summed E-state index contributed by atoms with van der Waals surface area (Å²) in [6.07, 6.45) is -1.64. The fraction of sp³-hybridized carbons (Fsp3) is 0.308. The molecule has 0 saturated heterocycles. The Morgan fingerprint density at radius 3 is 2.45 bits per heavy atom. The number of hydrogen-bond donors (Lipinski definition) is 1. The Balaban J connectivity index is 1.88. The molecular formula is C13H13F4N3. The van der Waals surface area contributed by atoms with Gasteiger partial charge >= 0.3 is 6.18 Å². The van der Waals surface area contributed by atoms with Gasteiger partial charge in [0.1, 0.15) is 18.2 Å². The highest BCUT2D eigenvalue weighted by molar-refractivity contribution is 5.15. The summed E-state index contributed by atoms with van der Waals surface area (Å²) < 4.78 is 50.7. The molecule has 0 aliphatic heterocycles. The van der Waals surface area contributed by atoms with Gasteiger partial charge in [-0.2, -0.15) is 13.2 Å². The minimum Gasteiger partial charge on any atom is -0.325 e. The Labute approximate surface area is 113 Å². The second-order valence-electron chi connectivity index (χ2n) is 4.32. The van der Waals surface area contributed by atoms with E-state index in [0.717, 1.165) is 10.1 Å². The second-order valence-corrected chi connectivity index (χ2v) is 4.32. The van der Waals surface area contributed by atoms with E-state index >= 15 is 0 Å². The molecule has 1 aromatic carbocycles. The lowest BCUT2D eigenvalue weighted by molar-refractivity contribution is -0.141. The van der Waals surface area contributed by atoms with Crippen LogP contribution in [0.4, 0.5) is 17.6 Å². The fourth-order valence-corrected chi connectivity index (χ4v) is 1.77. The van der Waals surface area contributed by atoms with Crippen molar-refractivity contribution in [3.05, 3.63) is 53.9 Å². The molecule has 0 radical (unpaired) electrons. The Kier molecular flexibility index (Phi) is 4.39. The van der Waals surface area contributed by atoms with Crippen molar-refractivity contribution >= 4 is 0 Å². The molecule has 0 fully saturated rings. The van der Waals surface area contributed by atoms with Crippen LogP contribution in [0.15, 0.2) is 36.7 Å². The number of halogens is 4. The van der Waals surface area contributed by atoms with Gasteiger partial charge in [-0.05, 0) is 17.7 Å². The number of nitrogens with zero attached hydrogens (tertiary/aromatic N) is 2. The molecule has 1 N–H and O–H groups in total. The highest BCUT2D eigenvalue weighted by Crippen LogP contribution is 2.18. The summed E-state index contributed by atoms with van der Waals surface area (Å²) in [4.78, 5) is 3.89. The summed E-state index contributed by atoms with van der Waals surface area (Å²) in [6.45, 7) is -0.416. The number of rotatable bonds is 5. The van der Waals surface area contributed by atoms with Crippen molar-refractivity contribution in [2.24, 2.45) is 0 Å². The maximum Gasteiger partial charge on any atom is 0.406 e. The number of hydrogen-bond acceptors (Lipinski definition) is 2. The molecule has 0 unspecified atom stereocenters. The second kappa shape index (κ2) is 6.04. The van der Waals surface area contributed by atoms with E-state index in [1.807, 2.05) is 0 Å². The van der Waals surface area contributed by atoms with Crippen molar-refractivity contribution in [3.63, 3.8) is 0 Å². The predicted molar refractivity (Wildman–Crippen MR) is 65.2 cm³/mol. The van der Waals surface area contributed by atoms with Gasteiger partial charge in [0, 0.05) is 18.9 Å². The van der Waals surface area contributed by atoms with E-state index in [2.05, 4.69) is 10.3 Å². The van der Waals surface area contributed by atoms with Gasteiger partial charge in [0.05, 0.1) is 6.54 Å². The van der Waals surface area contributed by atoms with E-state index in [1.165, 1.54) is 24.5 Å². The molecule has 0 atom stereocenters. The molecule has 2 rings (SSSR count). The van der Waals surface area contributed by atoms with Crippen LogP contribution in [0.1, 0.15) is 11.4 Å². The first-order valence-electron chi connectivity index (χ1n) is 5.96. The highest BCUT2D eigenvalue weighted by Gasteiger charge is 2.28. The quantitative estimate of drug-likeness (QED) is 0.857. The third kappa shape index (κ3) is 4.34. The van der Waals surface area contributed by atoms with Crippen LogP contribution in [0.25, 0.3) is 0 Å².